The monoisotopic (exact) mass is 465 g/mol. The second kappa shape index (κ2) is 10.1. The van der Waals surface area contributed by atoms with Gasteiger partial charge in [-0.05, 0) is 60.9 Å². The van der Waals surface area contributed by atoms with E-state index in [0.29, 0.717) is 35.8 Å². The molecule has 0 fully saturated rings. The first-order chi connectivity index (χ1) is 14.5. The highest BCUT2D eigenvalue weighted by atomic mass is 79.9. The number of allylic oxidation sites excluding steroid dienone is 1. The Bertz CT molecular complexity index is 1100. The van der Waals surface area contributed by atoms with Gasteiger partial charge in [-0.1, -0.05) is 57.9 Å². The van der Waals surface area contributed by atoms with Gasteiger partial charge in [0, 0.05) is 4.47 Å². The summed E-state index contributed by atoms with van der Waals surface area (Å²) in [5.74, 6) is 0.795. The zero-order valence-corrected chi connectivity index (χ0v) is 18.4. The third kappa shape index (κ3) is 5.49. The number of benzene rings is 3. The van der Waals surface area contributed by atoms with Crippen LogP contribution in [-0.4, -0.2) is 6.61 Å². The summed E-state index contributed by atoms with van der Waals surface area (Å²) in [5.41, 5.74) is 3.86. The summed E-state index contributed by atoms with van der Waals surface area (Å²) in [6.45, 7) is 4.82. The molecule has 0 aliphatic rings. The summed E-state index contributed by atoms with van der Waals surface area (Å²) >= 11 is 3.55. The number of nitriles is 1. The molecule has 0 bridgehead atoms. The SMILES string of the molecule is CCOc1cc(/C=C(/C#N)c2cccc(F)c2)c(Br)cc1OCc1ccc(C)cc1. The van der Waals surface area contributed by atoms with E-state index in [0.717, 1.165) is 15.6 Å². The molecule has 0 aliphatic carbocycles. The smallest absolute Gasteiger partial charge is 0.162 e. The van der Waals surface area contributed by atoms with Crippen LogP contribution in [0, 0.1) is 24.1 Å². The Morgan fingerprint density at radius 2 is 1.80 bits per heavy atom. The van der Waals surface area contributed by atoms with Crippen LogP contribution in [0.25, 0.3) is 11.6 Å². The van der Waals surface area contributed by atoms with E-state index in [-0.39, 0.29) is 5.82 Å². The average molecular weight is 466 g/mol. The molecule has 3 aromatic rings. The summed E-state index contributed by atoms with van der Waals surface area (Å²) in [4.78, 5) is 0. The molecule has 3 rings (SSSR count). The molecule has 0 aliphatic heterocycles. The van der Waals surface area contributed by atoms with Crippen molar-refractivity contribution in [3.63, 3.8) is 0 Å². The van der Waals surface area contributed by atoms with Gasteiger partial charge in [-0.3, -0.25) is 0 Å². The van der Waals surface area contributed by atoms with E-state index in [1.54, 1.807) is 18.2 Å². The maximum atomic E-state index is 13.6. The molecule has 3 aromatic carbocycles. The van der Waals surface area contributed by atoms with E-state index in [1.807, 2.05) is 50.2 Å². The van der Waals surface area contributed by atoms with Gasteiger partial charge < -0.3 is 9.47 Å². The van der Waals surface area contributed by atoms with Crippen molar-refractivity contribution in [3.05, 3.63) is 93.2 Å². The average Bonchev–Trinajstić information content (AvgIpc) is 2.74. The summed E-state index contributed by atoms with van der Waals surface area (Å²) < 4.78 is 26.1. The number of nitrogens with zero attached hydrogens (tertiary/aromatic N) is 1. The van der Waals surface area contributed by atoms with Gasteiger partial charge in [-0.25, -0.2) is 4.39 Å². The molecule has 5 heteroatoms. The minimum atomic E-state index is -0.387. The van der Waals surface area contributed by atoms with E-state index >= 15 is 0 Å². The first-order valence-corrected chi connectivity index (χ1v) is 10.3. The molecular formula is C25H21BrFNO2. The van der Waals surface area contributed by atoms with Gasteiger partial charge in [0.25, 0.3) is 0 Å². The Labute approximate surface area is 184 Å². The number of ether oxygens (including phenoxy) is 2. The highest BCUT2D eigenvalue weighted by molar-refractivity contribution is 9.10. The standard InChI is InChI=1S/C25H21BrFNO2/c1-3-29-24-13-20(11-21(15-28)19-5-4-6-22(27)12-19)23(26)14-25(24)30-16-18-9-7-17(2)8-10-18/h4-14H,3,16H2,1-2H3/b21-11-. The van der Waals surface area contributed by atoms with Crippen LogP contribution in [0.3, 0.4) is 0 Å². The predicted octanol–water partition coefficient (Wildman–Crippen LogP) is 6.94. The van der Waals surface area contributed by atoms with Crippen molar-refractivity contribution < 1.29 is 13.9 Å². The highest BCUT2D eigenvalue weighted by Gasteiger charge is 2.12. The van der Waals surface area contributed by atoms with Crippen LogP contribution in [0.2, 0.25) is 0 Å². The molecule has 0 saturated heterocycles. The zero-order valence-electron chi connectivity index (χ0n) is 16.8. The largest absolute Gasteiger partial charge is 0.490 e. The summed E-state index contributed by atoms with van der Waals surface area (Å²) in [6, 6.07) is 19.9. The quantitative estimate of drug-likeness (QED) is 0.280. The number of aryl methyl sites for hydroxylation is 1. The molecule has 0 radical (unpaired) electrons. The predicted molar refractivity (Wildman–Crippen MR) is 121 cm³/mol. The van der Waals surface area contributed by atoms with Crippen molar-refractivity contribution >= 4 is 27.6 Å². The maximum Gasteiger partial charge on any atom is 0.162 e. The van der Waals surface area contributed by atoms with Gasteiger partial charge >= 0.3 is 0 Å². The van der Waals surface area contributed by atoms with E-state index < -0.39 is 0 Å². The van der Waals surface area contributed by atoms with Crippen molar-refractivity contribution in [2.45, 2.75) is 20.5 Å². The zero-order chi connectivity index (χ0) is 21.5. The fraction of sp³-hybridized carbons (Fsp3) is 0.160. The van der Waals surface area contributed by atoms with Gasteiger partial charge in [-0.2, -0.15) is 5.26 Å². The van der Waals surface area contributed by atoms with Crippen LogP contribution in [0.5, 0.6) is 11.5 Å². The lowest BCUT2D eigenvalue weighted by molar-refractivity contribution is 0.269. The Balaban J connectivity index is 1.92. The van der Waals surface area contributed by atoms with E-state index in [2.05, 4.69) is 22.0 Å². The van der Waals surface area contributed by atoms with E-state index in [1.165, 1.54) is 17.7 Å². The Morgan fingerprint density at radius 3 is 2.47 bits per heavy atom. The first-order valence-electron chi connectivity index (χ1n) is 9.52. The van der Waals surface area contributed by atoms with E-state index in [4.69, 9.17) is 9.47 Å². The Morgan fingerprint density at radius 1 is 1.07 bits per heavy atom. The summed E-state index contributed by atoms with van der Waals surface area (Å²) in [6.07, 6.45) is 1.70. The molecule has 0 amide bonds. The molecule has 0 saturated carbocycles. The van der Waals surface area contributed by atoms with Crippen molar-refractivity contribution in [2.24, 2.45) is 0 Å². The number of halogens is 2. The first kappa shape index (κ1) is 21.6. The highest BCUT2D eigenvalue weighted by Crippen LogP contribution is 2.36. The summed E-state index contributed by atoms with van der Waals surface area (Å²) in [7, 11) is 0. The molecule has 30 heavy (non-hydrogen) atoms. The topological polar surface area (TPSA) is 42.2 Å². The van der Waals surface area contributed by atoms with Gasteiger partial charge in [0.1, 0.15) is 12.4 Å². The second-order valence-electron chi connectivity index (χ2n) is 6.71. The lowest BCUT2D eigenvalue weighted by Gasteiger charge is -2.14. The molecule has 0 unspecified atom stereocenters. The van der Waals surface area contributed by atoms with Crippen molar-refractivity contribution in [1.82, 2.24) is 0 Å². The fourth-order valence-corrected chi connectivity index (χ4v) is 3.32. The fourth-order valence-electron chi connectivity index (χ4n) is 2.88. The third-order valence-corrected chi connectivity index (χ3v) is 5.12. The normalized spacial score (nSPS) is 11.1. The van der Waals surface area contributed by atoms with Crippen LogP contribution >= 0.6 is 15.9 Å². The van der Waals surface area contributed by atoms with Gasteiger partial charge in [0.05, 0.1) is 18.2 Å². The molecule has 0 heterocycles. The summed E-state index contributed by atoms with van der Waals surface area (Å²) in [5, 5.41) is 9.57. The minimum absolute atomic E-state index is 0.353. The molecule has 0 spiro atoms. The molecule has 0 atom stereocenters. The maximum absolute atomic E-state index is 13.6. The number of hydrogen-bond acceptors (Lipinski definition) is 3. The van der Waals surface area contributed by atoms with Crippen molar-refractivity contribution in [3.8, 4) is 17.6 Å². The van der Waals surface area contributed by atoms with Crippen LogP contribution in [0.15, 0.2) is 65.1 Å². The molecule has 0 N–H and O–H groups in total. The van der Waals surface area contributed by atoms with Crippen LogP contribution in [0.1, 0.15) is 29.2 Å². The van der Waals surface area contributed by atoms with Gasteiger partial charge in [-0.15, -0.1) is 0 Å². The Kier molecular flexibility index (Phi) is 7.26. The second-order valence-corrected chi connectivity index (χ2v) is 7.56. The molecule has 3 nitrogen and oxygen atoms in total. The molecule has 0 aromatic heterocycles. The lowest BCUT2D eigenvalue weighted by atomic mass is 10.0. The van der Waals surface area contributed by atoms with Gasteiger partial charge in [0.15, 0.2) is 11.5 Å². The number of rotatable bonds is 7. The number of hydrogen-bond donors (Lipinski definition) is 0. The van der Waals surface area contributed by atoms with E-state index in [9.17, 15) is 9.65 Å². The van der Waals surface area contributed by atoms with Crippen LogP contribution in [0.4, 0.5) is 4.39 Å². The van der Waals surface area contributed by atoms with Crippen LogP contribution < -0.4 is 9.47 Å². The van der Waals surface area contributed by atoms with Gasteiger partial charge in [0.2, 0.25) is 0 Å². The molecular weight excluding hydrogens is 445 g/mol. The Hall–Kier alpha value is -3.10. The minimum Gasteiger partial charge on any atom is -0.490 e. The van der Waals surface area contributed by atoms with Crippen molar-refractivity contribution in [2.75, 3.05) is 6.61 Å². The molecule has 152 valence electrons. The lowest BCUT2D eigenvalue weighted by Crippen LogP contribution is -2.00. The van der Waals surface area contributed by atoms with Crippen molar-refractivity contribution in [1.29, 1.82) is 5.26 Å². The van der Waals surface area contributed by atoms with Crippen LogP contribution in [-0.2, 0) is 6.61 Å². The third-order valence-electron chi connectivity index (χ3n) is 4.43.